The molecule has 1 amide bonds. The lowest BCUT2D eigenvalue weighted by Gasteiger charge is -2.31. The summed E-state index contributed by atoms with van der Waals surface area (Å²) in [5.41, 5.74) is 1.35. The summed E-state index contributed by atoms with van der Waals surface area (Å²) in [4.78, 5) is 23.0. The Morgan fingerprint density at radius 3 is 2.39 bits per heavy atom. The van der Waals surface area contributed by atoms with Gasteiger partial charge in [-0.1, -0.05) is 17.7 Å². The molecule has 0 saturated carbocycles. The highest BCUT2D eigenvalue weighted by Gasteiger charge is 2.33. The number of nitro groups is 1. The number of nitrogens with one attached hydrogen (secondary N) is 1. The highest BCUT2D eigenvalue weighted by molar-refractivity contribution is 7.89. The molecule has 2 aromatic carbocycles. The van der Waals surface area contributed by atoms with Crippen LogP contribution < -0.4 is 5.32 Å². The van der Waals surface area contributed by atoms with Crippen LogP contribution in [0.4, 0.5) is 11.4 Å². The fourth-order valence-electron chi connectivity index (χ4n) is 3.14. The Morgan fingerprint density at radius 2 is 1.79 bits per heavy atom. The molecule has 1 aliphatic heterocycles. The van der Waals surface area contributed by atoms with Gasteiger partial charge in [0.15, 0.2) is 0 Å². The molecule has 148 valence electrons. The number of carbonyl (C=O) groups excluding carboxylic acids is 1. The quantitative estimate of drug-likeness (QED) is 0.610. The third-order valence-corrected chi connectivity index (χ3v) is 6.64. The van der Waals surface area contributed by atoms with Crippen molar-refractivity contribution in [3.8, 4) is 0 Å². The summed E-state index contributed by atoms with van der Waals surface area (Å²) >= 11 is 0. The van der Waals surface area contributed by atoms with E-state index in [4.69, 9.17) is 0 Å². The molecular weight excluding hydrogens is 382 g/mol. The molecule has 8 nitrogen and oxygen atoms in total. The number of benzene rings is 2. The van der Waals surface area contributed by atoms with Gasteiger partial charge in [-0.3, -0.25) is 14.9 Å². The molecule has 1 N–H and O–H groups in total. The normalized spacial score (nSPS) is 17.8. The van der Waals surface area contributed by atoms with Crippen molar-refractivity contribution in [1.29, 1.82) is 0 Å². The minimum atomic E-state index is -3.65. The van der Waals surface area contributed by atoms with Gasteiger partial charge in [0.2, 0.25) is 15.9 Å². The predicted molar refractivity (Wildman–Crippen MR) is 104 cm³/mol. The Hall–Kier alpha value is -2.78. The van der Waals surface area contributed by atoms with Gasteiger partial charge in [-0.2, -0.15) is 4.31 Å². The number of anilines is 1. The maximum atomic E-state index is 12.9. The highest BCUT2D eigenvalue weighted by atomic mass is 32.2. The molecule has 1 heterocycles. The molecule has 1 fully saturated rings. The number of aryl methyl sites for hydroxylation is 1. The number of nitrogens with zero attached hydrogens (tertiary/aromatic N) is 2. The van der Waals surface area contributed by atoms with Gasteiger partial charge >= 0.3 is 0 Å². The van der Waals surface area contributed by atoms with Crippen molar-refractivity contribution in [2.45, 2.75) is 24.7 Å². The van der Waals surface area contributed by atoms with E-state index in [0.29, 0.717) is 25.1 Å². The van der Waals surface area contributed by atoms with E-state index >= 15 is 0 Å². The van der Waals surface area contributed by atoms with E-state index in [-0.39, 0.29) is 23.0 Å². The van der Waals surface area contributed by atoms with Crippen molar-refractivity contribution in [2.24, 2.45) is 5.92 Å². The Morgan fingerprint density at radius 1 is 1.14 bits per heavy atom. The highest BCUT2D eigenvalue weighted by Crippen LogP contribution is 2.25. The first kappa shape index (κ1) is 20.0. The topological polar surface area (TPSA) is 110 Å². The standard InChI is InChI=1S/C19H21N3O5S/c1-14-4-10-18(11-5-14)28(26,27)21-12-2-3-15(13-21)19(23)20-16-6-8-17(9-7-16)22(24)25/h4-11,15H,2-3,12-13H2,1H3,(H,20,23)/t15-/m0/s1. The second-order valence-electron chi connectivity index (χ2n) is 6.81. The third kappa shape index (κ3) is 4.37. The van der Waals surface area contributed by atoms with E-state index in [0.717, 1.165) is 5.56 Å². The number of non-ortho nitro benzene ring substituents is 1. The zero-order valence-electron chi connectivity index (χ0n) is 15.4. The van der Waals surface area contributed by atoms with Crippen LogP contribution in [0.3, 0.4) is 0 Å². The number of nitro benzene ring substituents is 1. The van der Waals surface area contributed by atoms with Crippen LogP contribution in [0.1, 0.15) is 18.4 Å². The summed E-state index contributed by atoms with van der Waals surface area (Å²) in [6.45, 7) is 2.36. The van der Waals surface area contributed by atoms with Crippen LogP contribution in [-0.2, 0) is 14.8 Å². The lowest BCUT2D eigenvalue weighted by atomic mass is 9.98. The first-order valence-electron chi connectivity index (χ1n) is 8.89. The molecule has 1 atom stereocenters. The van der Waals surface area contributed by atoms with Gasteiger partial charge in [-0.05, 0) is 44.0 Å². The summed E-state index contributed by atoms with van der Waals surface area (Å²) in [5, 5.41) is 13.4. The van der Waals surface area contributed by atoms with Crippen molar-refractivity contribution in [3.63, 3.8) is 0 Å². The third-order valence-electron chi connectivity index (χ3n) is 4.76. The monoisotopic (exact) mass is 403 g/mol. The van der Waals surface area contributed by atoms with Crippen LogP contribution in [0.15, 0.2) is 53.4 Å². The minimum Gasteiger partial charge on any atom is -0.326 e. The van der Waals surface area contributed by atoms with Crippen LogP contribution in [-0.4, -0.2) is 36.6 Å². The van der Waals surface area contributed by atoms with Crippen molar-refractivity contribution in [3.05, 3.63) is 64.2 Å². The Balaban J connectivity index is 1.69. The Labute approximate surface area is 163 Å². The Bertz CT molecular complexity index is 972. The summed E-state index contributed by atoms with van der Waals surface area (Å²) in [5.74, 6) is -0.776. The largest absolute Gasteiger partial charge is 0.326 e. The van der Waals surface area contributed by atoms with Crippen molar-refractivity contribution < 1.29 is 18.1 Å². The number of carbonyl (C=O) groups is 1. The summed E-state index contributed by atoms with van der Waals surface area (Å²) in [6.07, 6.45) is 1.17. The molecule has 2 aromatic rings. The van der Waals surface area contributed by atoms with Gasteiger partial charge in [0.05, 0.1) is 15.7 Å². The zero-order chi connectivity index (χ0) is 20.3. The lowest BCUT2D eigenvalue weighted by Crippen LogP contribution is -2.43. The number of piperidine rings is 1. The number of hydrogen-bond donors (Lipinski definition) is 1. The molecule has 0 bridgehead atoms. The predicted octanol–water partition coefficient (Wildman–Crippen LogP) is 2.94. The fraction of sp³-hybridized carbons (Fsp3) is 0.316. The van der Waals surface area contributed by atoms with Crippen LogP contribution in [0.5, 0.6) is 0 Å². The van der Waals surface area contributed by atoms with Gasteiger partial charge in [-0.25, -0.2) is 8.42 Å². The van der Waals surface area contributed by atoms with Gasteiger partial charge < -0.3 is 5.32 Å². The molecule has 9 heteroatoms. The SMILES string of the molecule is Cc1ccc(S(=O)(=O)N2CCC[C@H](C(=O)Nc3ccc([N+](=O)[O-])cc3)C2)cc1. The summed E-state index contributed by atoms with van der Waals surface area (Å²) in [7, 11) is -3.65. The van der Waals surface area contributed by atoms with Crippen molar-refractivity contribution in [1.82, 2.24) is 4.31 Å². The van der Waals surface area contributed by atoms with Gasteiger partial charge in [0.25, 0.3) is 5.69 Å². The molecule has 3 rings (SSSR count). The van der Waals surface area contributed by atoms with Crippen LogP contribution >= 0.6 is 0 Å². The smallest absolute Gasteiger partial charge is 0.269 e. The number of hydrogen-bond acceptors (Lipinski definition) is 5. The number of amides is 1. The zero-order valence-corrected chi connectivity index (χ0v) is 16.2. The second-order valence-corrected chi connectivity index (χ2v) is 8.75. The fourth-order valence-corrected chi connectivity index (χ4v) is 4.67. The summed E-state index contributed by atoms with van der Waals surface area (Å²) in [6, 6.07) is 12.2. The summed E-state index contributed by atoms with van der Waals surface area (Å²) < 4.78 is 27.1. The molecular formula is C19H21N3O5S. The van der Waals surface area contributed by atoms with Crippen molar-refractivity contribution >= 4 is 27.3 Å². The molecule has 0 radical (unpaired) electrons. The van der Waals surface area contributed by atoms with Gasteiger partial charge in [0.1, 0.15) is 0 Å². The molecule has 1 aliphatic rings. The molecule has 0 spiro atoms. The molecule has 28 heavy (non-hydrogen) atoms. The van der Waals surface area contributed by atoms with Crippen LogP contribution in [0, 0.1) is 23.0 Å². The van der Waals surface area contributed by atoms with E-state index in [1.807, 2.05) is 6.92 Å². The molecule has 0 aliphatic carbocycles. The average Bonchev–Trinajstić information content (AvgIpc) is 2.69. The number of rotatable bonds is 5. The van der Waals surface area contributed by atoms with Crippen LogP contribution in [0.2, 0.25) is 0 Å². The first-order chi connectivity index (χ1) is 13.3. The minimum absolute atomic E-state index is 0.0639. The molecule has 0 unspecified atom stereocenters. The van der Waals surface area contributed by atoms with E-state index in [2.05, 4.69) is 5.32 Å². The van der Waals surface area contributed by atoms with Crippen molar-refractivity contribution in [2.75, 3.05) is 18.4 Å². The lowest BCUT2D eigenvalue weighted by molar-refractivity contribution is -0.384. The van der Waals surface area contributed by atoms with E-state index < -0.39 is 20.9 Å². The van der Waals surface area contributed by atoms with Gasteiger partial charge in [0, 0.05) is 30.9 Å². The molecule has 1 saturated heterocycles. The average molecular weight is 403 g/mol. The van der Waals surface area contributed by atoms with E-state index in [1.54, 1.807) is 24.3 Å². The number of sulfonamides is 1. The van der Waals surface area contributed by atoms with E-state index in [1.165, 1.54) is 28.6 Å². The first-order valence-corrected chi connectivity index (χ1v) is 10.3. The van der Waals surface area contributed by atoms with Crippen LogP contribution in [0.25, 0.3) is 0 Å². The van der Waals surface area contributed by atoms with E-state index in [9.17, 15) is 23.3 Å². The van der Waals surface area contributed by atoms with Gasteiger partial charge in [-0.15, -0.1) is 0 Å². The second kappa shape index (κ2) is 8.07. The Kier molecular flexibility index (Phi) is 5.76. The maximum Gasteiger partial charge on any atom is 0.269 e. The molecule has 0 aromatic heterocycles. The maximum absolute atomic E-state index is 12.9.